The Bertz CT molecular complexity index is 60.0. The van der Waals surface area contributed by atoms with E-state index in [1.165, 1.54) is 0 Å². The zero-order chi connectivity index (χ0) is 5.70. The molecule has 0 spiro atoms. The van der Waals surface area contributed by atoms with Gasteiger partial charge in [0.2, 0.25) is 0 Å². The van der Waals surface area contributed by atoms with E-state index in [-0.39, 0.29) is 19.4 Å². The van der Waals surface area contributed by atoms with Crippen LogP contribution in [-0.2, 0) is 15.0 Å². The lowest BCUT2D eigenvalue weighted by Crippen LogP contribution is -1.92. The zero-order valence-electron chi connectivity index (χ0n) is 3.85. The minimum Gasteiger partial charge on any atom is -0.247 e. The SMILES string of the molecule is [O]CCCC([O])=O. The quantitative estimate of drug-likeness (QED) is 0.500. The van der Waals surface area contributed by atoms with Crippen molar-refractivity contribution in [1.82, 2.24) is 0 Å². The van der Waals surface area contributed by atoms with Crippen LogP contribution in [0.3, 0.4) is 0 Å². The van der Waals surface area contributed by atoms with Crippen LogP contribution >= 0.6 is 0 Å². The third kappa shape index (κ3) is 5.43. The second-order valence-corrected chi connectivity index (χ2v) is 1.18. The first kappa shape index (κ1) is 6.43. The van der Waals surface area contributed by atoms with Crippen LogP contribution in [0.4, 0.5) is 0 Å². The molecule has 0 rings (SSSR count). The number of hydrogen-bond donors (Lipinski definition) is 0. The van der Waals surface area contributed by atoms with Crippen molar-refractivity contribution in [2.24, 2.45) is 0 Å². The van der Waals surface area contributed by atoms with Crippen LogP contribution in [0.25, 0.3) is 0 Å². The van der Waals surface area contributed by atoms with E-state index in [4.69, 9.17) is 0 Å². The molecule has 0 heterocycles. The Hall–Kier alpha value is -0.570. The molecule has 7 heavy (non-hydrogen) atoms. The highest BCUT2D eigenvalue weighted by Gasteiger charge is 1.95. The number of carbonyl (C=O) groups excluding carboxylic acids is 1. The fourth-order valence-corrected chi connectivity index (χ4v) is 0.217. The maximum Gasteiger partial charge on any atom is 0.355 e. The summed E-state index contributed by atoms with van der Waals surface area (Å²) in [5.74, 6) is -1.14. The van der Waals surface area contributed by atoms with Crippen molar-refractivity contribution >= 4 is 5.97 Å². The maximum atomic E-state index is 9.54. The van der Waals surface area contributed by atoms with Crippen molar-refractivity contribution < 1.29 is 15.0 Å². The third-order valence-electron chi connectivity index (χ3n) is 0.525. The second kappa shape index (κ2) is 3.61. The van der Waals surface area contributed by atoms with E-state index in [0.29, 0.717) is 0 Å². The fourth-order valence-electron chi connectivity index (χ4n) is 0.217. The molecule has 3 heteroatoms. The minimum atomic E-state index is -1.14. The van der Waals surface area contributed by atoms with E-state index in [1.807, 2.05) is 0 Å². The van der Waals surface area contributed by atoms with E-state index in [2.05, 4.69) is 0 Å². The molecular formula is C4H6O3. The van der Waals surface area contributed by atoms with Gasteiger partial charge in [-0.15, -0.1) is 0 Å². The average molecular weight is 102 g/mol. The molecule has 0 saturated carbocycles. The normalized spacial score (nSPS) is 8.71. The van der Waals surface area contributed by atoms with Gasteiger partial charge in [0.15, 0.2) is 0 Å². The summed E-state index contributed by atoms with van der Waals surface area (Å²) in [6, 6.07) is 0. The lowest BCUT2D eigenvalue weighted by molar-refractivity contribution is -0.143. The highest BCUT2D eigenvalue weighted by atomic mass is 16.4. The molecule has 0 fully saturated rings. The average Bonchev–Trinajstić information content (AvgIpc) is 1.61. The summed E-state index contributed by atoms with van der Waals surface area (Å²) >= 11 is 0. The predicted molar refractivity (Wildman–Crippen MR) is 20.5 cm³/mol. The van der Waals surface area contributed by atoms with Crippen molar-refractivity contribution in [3.8, 4) is 0 Å². The van der Waals surface area contributed by atoms with Gasteiger partial charge in [0, 0.05) is 0 Å². The third-order valence-corrected chi connectivity index (χ3v) is 0.525. The van der Waals surface area contributed by atoms with Gasteiger partial charge in [-0.2, -0.15) is 0 Å². The van der Waals surface area contributed by atoms with E-state index in [0.717, 1.165) is 0 Å². The maximum absolute atomic E-state index is 9.54. The summed E-state index contributed by atoms with van der Waals surface area (Å²) in [7, 11) is 0. The van der Waals surface area contributed by atoms with Gasteiger partial charge in [-0.05, 0) is 6.42 Å². The number of hydrogen-bond acceptors (Lipinski definition) is 1. The summed E-state index contributed by atoms with van der Waals surface area (Å²) in [5, 5.41) is 19.1. The molecule has 3 nitrogen and oxygen atoms in total. The molecule has 0 aliphatic heterocycles. The van der Waals surface area contributed by atoms with Crippen molar-refractivity contribution in [3.05, 3.63) is 0 Å². The van der Waals surface area contributed by atoms with Crippen molar-refractivity contribution in [2.45, 2.75) is 12.8 Å². The first-order valence-electron chi connectivity index (χ1n) is 2.05. The first-order chi connectivity index (χ1) is 3.27. The van der Waals surface area contributed by atoms with Crippen LogP contribution in [0.1, 0.15) is 12.8 Å². The Labute approximate surface area is 41.6 Å². The van der Waals surface area contributed by atoms with Crippen LogP contribution < -0.4 is 0 Å². The molecular weight excluding hydrogens is 96.0 g/mol. The van der Waals surface area contributed by atoms with Crippen molar-refractivity contribution in [3.63, 3.8) is 0 Å². The van der Waals surface area contributed by atoms with Gasteiger partial charge >= 0.3 is 5.97 Å². The molecule has 0 atom stereocenters. The lowest BCUT2D eigenvalue weighted by atomic mass is 10.3. The summed E-state index contributed by atoms with van der Waals surface area (Å²) in [4.78, 5) is 9.51. The largest absolute Gasteiger partial charge is 0.355 e. The van der Waals surface area contributed by atoms with Gasteiger partial charge in [0.1, 0.15) is 0 Å². The lowest BCUT2D eigenvalue weighted by Gasteiger charge is -1.80. The van der Waals surface area contributed by atoms with Gasteiger partial charge in [-0.1, -0.05) is 0 Å². The summed E-state index contributed by atoms with van der Waals surface area (Å²) in [6.07, 6.45) is 0.0752. The van der Waals surface area contributed by atoms with Crippen molar-refractivity contribution in [1.29, 1.82) is 0 Å². The molecule has 0 bridgehead atoms. The Morgan fingerprint density at radius 2 is 2.00 bits per heavy atom. The molecule has 0 saturated heterocycles. The molecule has 2 radical (unpaired) electrons. The summed E-state index contributed by atoms with van der Waals surface area (Å²) < 4.78 is 0. The Kier molecular flexibility index (Phi) is 3.32. The highest BCUT2D eigenvalue weighted by molar-refractivity contribution is 5.66. The highest BCUT2D eigenvalue weighted by Crippen LogP contribution is 1.84. The molecule has 0 unspecified atom stereocenters. The van der Waals surface area contributed by atoms with Crippen LogP contribution in [0.5, 0.6) is 0 Å². The smallest absolute Gasteiger partial charge is 0.247 e. The Morgan fingerprint density at radius 3 is 2.14 bits per heavy atom. The fraction of sp³-hybridized carbons (Fsp3) is 0.750. The molecule has 0 aliphatic rings. The van der Waals surface area contributed by atoms with Gasteiger partial charge in [0.05, 0.1) is 13.0 Å². The summed E-state index contributed by atoms with van der Waals surface area (Å²) in [5.41, 5.74) is 0. The van der Waals surface area contributed by atoms with Crippen LogP contribution in [-0.4, -0.2) is 12.6 Å². The van der Waals surface area contributed by atoms with Crippen LogP contribution in [0, 0.1) is 0 Å². The van der Waals surface area contributed by atoms with E-state index in [1.54, 1.807) is 0 Å². The molecule has 0 aromatic heterocycles. The van der Waals surface area contributed by atoms with E-state index in [9.17, 15) is 15.0 Å². The molecule has 0 aromatic carbocycles. The standard InChI is InChI=1S/C4H6O3/c5-3-1-2-4(6)7/h1-3H2. The van der Waals surface area contributed by atoms with Gasteiger partial charge in [-0.3, -0.25) is 0 Å². The van der Waals surface area contributed by atoms with Crippen molar-refractivity contribution in [2.75, 3.05) is 6.61 Å². The molecule has 0 N–H and O–H groups in total. The Morgan fingerprint density at radius 1 is 1.43 bits per heavy atom. The minimum absolute atomic E-state index is 0.108. The molecule has 40 valence electrons. The van der Waals surface area contributed by atoms with E-state index >= 15 is 0 Å². The first-order valence-corrected chi connectivity index (χ1v) is 2.05. The van der Waals surface area contributed by atoms with E-state index < -0.39 is 5.97 Å². The van der Waals surface area contributed by atoms with Gasteiger partial charge < -0.3 is 0 Å². The van der Waals surface area contributed by atoms with Gasteiger partial charge in [0.25, 0.3) is 0 Å². The monoisotopic (exact) mass is 102 g/mol. The topological polar surface area (TPSA) is 56.9 Å². The van der Waals surface area contributed by atoms with Crippen LogP contribution in [0.15, 0.2) is 0 Å². The molecule has 0 aliphatic carbocycles. The van der Waals surface area contributed by atoms with Gasteiger partial charge in [-0.25, -0.2) is 15.0 Å². The summed E-state index contributed by atoms with van der Waals surface area (Å²) in [6.45, 7) is -0.325. The van der Waals surface area contributed by atoms with Crippen LogP contribution in [0.2, 0.25) is 0 Å². The molecule has 0 aromatic rings. The number of carbonyl (C=O) groups is 1. The Balaban J connectivity index is 2.82. The number of rotatable bonds is 3. The zero-order valence-corrected chi connectivity index (χ0v) is 3.85. The predicted octanol–water partition coefficient (Wildman–Crippen LogP) is 0.154. The second-order valence-electron chi connectivity index (χ2n) is 1.18. The molecule has 0 amide bonds.